The standard InChI is InChI=1S/C17H23NO2/c19-13-16-7-4-8-17(12-16,10-9-16)18-11-15(20)14-5-2-1-3-6-14/h1-3,5-6,18-19H,4,7-13H2. The normalized spacial score (nSPS) is 32.2. The summed E-state index contributed by atoms with van der Waals surface area (Å²) in [7, 11) is 0. The Hall–Kier alpha value is -1.19. The summed E-state index contributed by atoms with van der Waals surface area (Å²) in [6.45, 7) is 0.703. The molecule has 20 heavy (non-hydrogen) atoms. The second-order valence-electron chi connectivity index (χ2n) is 6.61. The largest absolute Gasteiger partial charge is 0.396 e. The molecular weight excluding hydrogens is 250 g/mol. The van der Waals surface area contributed by atoms with Crippen molar-refractivity contribution >= 4 is 5.78 Å². The number of ketones is 1. The molecule has 2 fully saturated rings. The smallest absolute Gasteiger partial charge is 0.176 e. The monoisotopic (exact) mass is 273 g/mol. The molecule has 2 atom stereocenters. The Morgan fingerprint density at radius 1 is 1.15 bits per heavy atom. The molecule has 108 valence electrons. The van der Waals surface area contributed by atoms with E-state index in [4.69, 9.17) is 0 Å². The Morgan fingerprint density at radius 2 is 1.95 bits per heavy atom. The summed E-state index contributed by atoms with van der Waals surface area (Å²) >= 11 is 0. The minimum Gasteiger partial charge on any atom is -0.396 e. The van der Waals surface area contributed by atoms with Crippen molar-refractivity contribution in [2.45, 2.75) is 44.1 Å². The first-order chi connectivity index (χ1) is 9.67. The molecule has 0 saturated heterocycles. The van der Waals surface area contributed by atoms with E-state index in [1.54, 1.807) is 0 Å². The Morgan fingerprint density at radius 3 is 2.70 bits per heavy atom. The van der Waals surface area contributed by atoms with E-state index in [1.165, 1.54) is 0 Å². The van der Waals surface area contributed by atoms with Gasteiger partial charge in [0.05, 0.1) is 6.54 Å². The molecule has 0 radical (unpaired) electrons. The molecule has 2 bridgehead atoms. The fourth-order valence-electron chi connectivity index (χ4n) is 4.07. The quantitative estimate of drug-likeness (QED) is 0.811. The van der Waals surface area contributed by atoms with Crippen LogP contribution in [0, 0.1) is 5.41 Å². The van der Waals surface area contributed by atoms with Crippen LogP contribution in [0.1, 0.15) is 48.9 Å². The topological polar surface area (TPSA) is 49.3 Å². The molecule has 2 N–H and O–H groups in total. The highest BCUT2D eigenvalue weighted by atomic mass is 16.3. The van der Waals surface area contributed by atoms with Gasteiger partial charge in [-0.2, -0.15) is 0 Å². The highest BCUT2D eigenvalue weighted by Crippen LogP contribution is 2.53. The first kappa shape index (κ1) is 13.8. The van der Waals surface area contributed by atoms with Crippen molar-refractivity contribution in [1.82, 2.24) is 5.32 Å². The third-order valence-corrected chi connectivity index (χ3v) is 5.26. The summed E-state index contributed by atoms with van der Waals surface area (Å²) in [6, 6.07) is 9.47. The molecule has 1 aromatic rings. The first-order valence-corrected chi connectivity index (χ1v) is 7.61. The SMILES string of the molecule is O=C(CNC12CCCC(CO)(CC1)C2)c1ccccc1. The van der Waals surface area contributed by atoms with E-state index in [2.05, 4.69) is 5.32 Å². The molecule has 2 aliphatic carbocycles. The summed E-state index contributed by atoms with van der Waals surface area (Å²) in [5.41, 5.74) is 0.991. The summed E-state index contributed by atoms with van der Waals surface area (Å²) in [5.74, 6) is 0.159. The van der Waals surface area contributed by atoms with Gasteiger partial charge in [-0.15, -0.1) is 0 Å². The fourth-order valence-corrected chi connectivity index (χ4v) is 4.07. The lowest BCUT2D eigenvalue weighted by Gasteiger charge is -2.39. The Labute approximate surface area is 120 Å². The molecule has 0 aliphatic heterocycles. The second-order valence-corrected chi connectivity index (χ2v) is 6.61. The second kappa shape index (κ2) is 5.30. The van der Waals surface area contributed by atoms with Crippen LogP contribution in [0.3, 0.4) is 0 Å². The Bertz CT molecular complexity index is 487. The van der Waals surface area contributed by atoms with E-state index in [0.717, 1.165) is 44.1 Å². The number of carbonyl (C=O) groups is 1. The molecule has 2 unspecified atom stereocenters. The third kappa shape index (κ3) is 2.52. The van der Waals surface area contributed by atoms with Crippen molar-refractivity contribution in [3.8, 4) is 0 Å². The highest BCUT2D eigenvalue weighted by molar-refractivity contribution is 5.97. The summed E-state index contributed by atoms with van der Waals surface area (Å²) in [6.07, 6.45) is 6.65. The van der Waals surface area contributed by atoms with E-state index in [1.807, 2.05) is 30.3 Å². The van der Waals surface area contributed by atoms with Gasteiger partial charge >= 0.3 is 0 Å². The zero-order chi connectivity index (χ0) is 14.1. The van der Waals surface area contributed by atoms with Crippen molar-refractivity contribution in [3.05, 3.63) is 35.9 Å². The molecule has 0 amide bonds. The number of rotatable bonds is 5. The number of aliphatic hydroxyl groups is 1. The summed E-state index contributed by atoms with van der Waals surface area (Å²) in [5, 5.41) is 13.2. The van der Waals surface area contributed by atoms with E-state index in [9.17, 15) is 9.90 Å². The number of carbonyl (C=O) groups excluding carboxylic acids is 1. The van der Waals surface area contributed by atoms with Gasteiger partial charge in [-0.05, 0) is 37.5 Å². The van der Waals surface area contributed by atoms with Crippen molar-refractivity contribution in [3.63, 3.8) is 0 Å². The van der Waals surface area contributed by atoms with Gasteiger partial charge in [0.2, 0.25) is 0 Å². The molecule has 2 aliphatic rings. The Kier molecular flexibility index (Phi) is 3.65. The average Bonchev–Trinajstić information content (AvgIpc) is 2.78. The van der Waals surface area contributed by atoms with Crippen LogP contribution in [0.4, 0.5) is 0 Å². The third-order valence-electron chi connectivity index (χ3n) is 5.26. The number of nitrogens with one attached hydrogen (secondary N) is 1. The maximum atomic E-state index is 12.2. The van der Waals surface area contributed by atoms with Crippen molar-refractivity contribution < 1.29 is 9.90 Å². The van der Waals surface area contributed by atoms with E-state index in [-0.39, 0.29) is 16.7 Å². The number of hydrogen-bond donors (Lipinski definition) is 2. The van der Waals surface area contributed by atoms with Gasteiger partial charge in [-0.3, -0.25) is 4.79 Å². The van der Waals surface area contributed by atoms with Gasteiger partial charge in [-0.25, -0.2) is 0 Å². The van der Waals surface area contributed by atoms with Gasteiger partial charge in [0.25, 0.3) is 0 Å². The van der Waals surface area contributed by atoms with Crippen LogP contribution >= 0.6 is 0 Å². The fraction of sp³-hybridized carbons (Fsp3) is 0.588. The van der Waals surface area contributed by atoms with E-state index >= 15 is 0 Å². The molecule has 3 rings (SSSR count). The molecule has 2 saturated carbocycles. The van der Waals surface area contributed by atoms with Gasteiger partial charge in [0.15, 0.2) is 5.78 Å². The van der Waals surface area contributed by atoms with Crippen LogP contribution in [-0.4, -0.2) is 29.6 Å². The maximum Gasteiger partial charge on any atom is 0.176 e. The zero-order valence-corrected chi connectivity index (χ0v) is 11.9. The van der Waals surface area contributed by atoms with Gasteiger partial charge in [-0.1, -0.05) is 36.8 Å². The van der Waals surface area contributed by atoms with Gasteiger partial charge in [0, 0.05) is 17.7 Å². The van der Waals surface area contributed by atoms with Crippen molar-refractivity contribution in [2.24, 2.45) is 5.41 Å². The van der Waals surface area contributed by atoms with Crippen LogP contribution in [0.5, 0.6) is 0 Å². The number of benzene rings is 1. The molecule has 3 nitrogen and oxygen atoms in total. The molecule has 0 spiro atoms. The van der Waals surface area contributed by atoms with Crippen LogP contribution < -0.4 is 5.32 Å². The lowest BCUT2D eigenvalue weighted by atomic mass is 9.73. The van der Waals surface area contributed by atoms with Crippen LogP contribution in [0.15, 0.2) is 30.3 Å². The van der Waals surface area contributed by atoms with Crippen LogP contribution in [0.2, 0.25) is 0 Å². The Balaban J connectivity index is 1.63. The molecule has 0 heterocycles. The summed E-state index contributed by atoms with van der Waals surface area (Å²) < 4.78 is 0. The van der Waals surface area contributed by atoms with Crippen molar-refractivity contribution in [2.75, 3.05) is 13.2 Å². The highest BCUT2D eigenvalue weighted by Gasteiger charge is 2.50. The number of fused-ring (bicyclic) bond motifs is 2. The van der Waals surface area contributed by atoms with Crippen LogP contribution in [0.25, 0.3) is 0 Å². The first-order valence-electron chi connectivity index (χ1n) is 7.61. The zero-order valence-electron chi connectivity index (χ0n) is 11.9. The number of Topliss-reactive ketones (excluding diaryl/α,β-unsaturated/α-hetero) is 1. The van der Waals surface area contributed by atoms with Crippen LogP contribution in [-0.2, 0) is 0 Å². The van der Waals surface area contributed by atoms with E-state index < -0.39 is 0 Å². The lowest BCUT2D eigenvalue weighted by molar-refractivity contribution is 0.0800. The number of hydrogen-bond acceptors (Lipinski definition) is 3. The molecular formula is C17H23NO2. The summed E-state index contributed by atoms with van der Waals surface area (Å²) in [4.78, 5) is 12.2. The predicted octanol–water partition coefficient (Wildman–Crippen LogP) is 2.54. The van der Waals surface area contributed by atoms with Gasteiger partial charge in [0.1, 0.15) is 0 Å². The molecule has 1 aromatic carbocycles. The number of aliphatic hydroxyl groups excluding tert-OH is 1. The minimum absolute atomic E-state index is 0.0887. The van der Waals surface area contributed by atoms with E-state index in [0.29, 0.717) is 13.2 Å². The van der Waals surface area contributed by atoms with Crippen molar-refractivity contribution in [1.29, 1.82) is 0 Å². The molecule has 0 aromatic heterocycles. The maximum absolute atomic E-state index is 12.2. The van der Waals surface area contributed by atoms with Gasteiger partial charge < -0.3 is 10.4 Å². The average molecular weight is 273 g/mol. The predicted molar refractivity (Wildman–Crippen MR) is 78.7 cm³/mol. The minimum atomic E-state index is 0.0887. The molecule has 3 heteroatoms. The lowest BCUT2D eigenvalue weighted by Crippen LogP contribution is -2.48.